The number of quaternary nitrogens is 1. The Hall–Kier alpha value is 0.0500. The molecule has 0 aromatic heterocycles. The van der Waals surface area contributed by atoms with Crippen molar-refractivity contribution in [1.29, 1.82) is 0 Å². The average molecular weight is 176 g/mol. The summed E-state index contributed by atoms with van der Waals surface area (Å²) in [7, 11) is 0.0139. The molecule has 0 rings (SSSR count). The van der Waals surface area contributed by atoms with Gasteiger partial charge in [0.15, 0.2) is 0 Å². The summed E-state index contributed by atoms with van der Waals surface area (Å²) >= 11 is 0. The van der Waals surface area contributed by atoms with E-state index in [0.29, 0.717) is 0 Å². The van der Waals surface area contributed by atoms with E-state index >= 15 is 0 Å². The van der Waals surface area contributed by atoms with E-state index in [1.165, 1.54) is 0 Å². The number of hydrogen-bond acceptors (Lipinski definition) is 5. The predicted molar refractivity (Wildman–Crippen MR) is 23.6 cm³/mol. The highest BCUT2D eigenvalue weighted by Crippen LogP contribution is 1.77. The number of rotatable bonds is 0. The van der Waals surface area contributed by atoms with Gasteiger partial charge in [0.1, 0.15) is 0 Å². The summed E-state index contributed by atoms with van der Waals surface area (Å²) in [5, 5.41) is 10.0. The minimum Gasteiger partial charge on any atom is -0.633 e. The van der Waals surface area contributed by atoms with E-state index in [4.69, 9.17) is 18.6 Å². The smallest absolute Gasteiger partial charge is 0.0777 e. The Morgan fingerprint density at radius 2 is 1.10 bits per heavy atom. The van der Waals surface area contributed by atoms with Crippen molar-refractivity contribution in [3.8, 4) is 0 Å². The second kappa shape index (κ2) is 4.04. The maximum atomic E-state index is 10.0. The zero-order valence-electron chi connectivity index (χ0n) is 5.91. The number of hydroxylamine groups is 3. The normalized spacial score (nSPS) is 12.0. The first-order valence-electron chi connectivity index (χ1n) is 2.16. The maximum absolute atomic E-state index is 10.0. The van der Waals surface area contributed by atoms with Gasteiger partial charge in [0, 0.05) is 0 Å². The van der Waals surface area contributed by atoms with Crippen molar-refractivity contribution in [2.24, 2.45) is 0 Å². The van der Waals surface area contributed by atoms with Crippen LogP contribution in [-0.4, -0.2) is 30.4 Å². The van der Waals surface area contributed by atoms with Gasteiger partial charge in [-0.3, -0.25) is 0 Å². The Balaban J connectivity index is 0. The molecule has 1 N–H and O–H groups in total. The molecule has 10 heavy (non-hydrogen) atoms. The van der Waals surface area contributed by atoms with Gasteiger partial charge in [-0.1, -0.05) is 0 Å². The molecule has 0 saturated carbocycles. The first-order chi connectivity index (χ1) is 4.00. The van der Waals surface area contributed by atoms with Crippen LogP contribution in [-0.2, 0) is 0 Å². The molecule has 0 bridgehead atoms. The molecule has 0 amide bonds. The van der Waals surface area contributed by atoms with E-state index < -0.39 is 10.2 Å². The Bertz CT molecular complexity index is 59.9. The van der Waals surface area contributed by atoms with Crippen LogP contribution in [0.3, 0.4) is 0 Å². The topological polar surface area (TPSA) is 112 Å². The van der Waals surface area contributed by atoms with Crippen LogP contribution in [0.4, 0.5) is 0 Å². The van der Waals surface area contributed by atoms with Crippen molar-refractivity contribution >= 4 is 0 Å². The van der Waals surface area contributed by atoms with Gasteiger partial charge in [0.25, 0.3) is 0 Å². The Labute approximate surface area is 60.8 Å². The van der Waals surface area contributed by atoms with Crippen molar-refractivity contribution in [3.05, 3.63) is 5.21 Å². The first kappa shape index (κ1) is 12.7. The van der Waals surface area contributed by atoms with Crippen LogP contribution in [0.25, 0.3) is 0 Å². The largest absolute Gasteiger partial charge is 0.633 e. The summed E-state index contributed by atoms with van der Waals surface area (Å²) in [4.78, 5) is 0. The summed E-state index contributed by atoms with van der Waals surface area (Å²) in [5.74, 6) is 0. The van der Waals surface area contributed by atoms with Crippen LogP contribution in [0.2, 0.25) is 0 Å². The van der Waals surface area contributed by atoms with Crippen LogP contribution >= 0.6 is 0 Å². The molecule has 0 atom stereocenters. The van der Waals surface area contributed by atoms with Crippen LogP contribution in [0.1, 0.15) is 0 Å². The molecule has 0 aliphatic rings. The van der Waals surface area contributed by atoms with Crippen molar-refractivity contribution < 1.29 is 33.5 Å². The summed E-state index contributed by atoms with van der Waals surface area (Å²) in [6, 6.07) is 0. The Morgan fingerprint density at radius 3 is 1.10 bits per heavy atom. The maximum Gasteiger partial charge on any atom is 0.0777 e. The van der Waals surface area contributed by atoms with Gasteiger partial charge in [0.05, 0.1) is 36.0 Å². The third kappa shape index (κ3) is 160000. The van der Waals surface area contributed by atoms with E-state index in [0.717, 1.165) is 0 Å². The molecule has 0 saturated heterocycles. The van der Waals surface area contributed by atoms with Gasteiger partial charge in [0.2, 0.25) is 0 Å². The standard InChI is InChI=1S/C3H9NO.ClHO4/c1-4(2,3)5;2-1(3,4)5/h1-3H3;(H,2,3,4,5). The zero-order valence-corrected chi connectivity index (χ0v) is 6.66. The molecule has 0 aromatic rings. The number of hydrogen-bond donors (Lipinski definition) is 1. The summed E-state index contributed by atoms with van der Waals surface area (Å²) in [6.45, 7) is 0. The van der Waals surface area contributed by atoms with E-state index in [9.17, 15) is 5.21 Å². The fraction of sp³-hybridized carbons (Fsp3) is 1.00. The highest BCUT2D eigenvalue weighted by Gasteiger charge is 1.98. The molecular formula is C3H10ClNO5. The minimum absolute atomic E-state index is 0.250. The Morgan fingerprint density at radius 1 is 1.10 bits per heavy atom. The monoisotopic (exact) mass is 175 g/mol. The fourth-order valence-electron chi connectivity index (χ4n) is 0. The number of halogens is 1. The molecule has 6 nitrogen and oxygen atoms in total. The van der Waals surface area contributed by atoms with Crippen LogP contribution in [0.5, 0.6) is 0 Å². The Kier molecular flexibility index (Phi) is 5.13. The van der Waals surface area contributed by atoms with Crippen molar-refractivity contribution in [2.45, 2.75) is 0 Å². The fourth-order valence-corrected chi connectivity index (χ4v) is 0. The second-order valence-electron chi connectivity index (χ2n) is 2.29. The lowest BCUT2D eigenvalue weighted by Crippen LogP contribution is -2.58. The van der Waals surface area contributed by atoms with E-state index in [1.807, 2.05) is 0 Å². The average Bonchev–Trinajstić information content (AvgIpc) is 1.12. The lowest BCUT2D eigenvalue weighted by Gasteiger charge is -2.27. The molecule has 0 radical (unpaired) electrons. The van der Waals surface area contributed by atoms with E-state index in [2.05, 4.69) is 0 Å². The predicted octanol–water partition coefficient (Wildman–Crippen LogP) is -3.93. The lowest BCUT2D eigenvalue weighted by atomic mass is 11.0. The molecule has 0 heterocycles. The molecule has 7 heteroatoms. The SMILES string of the molecule is C[N+](C)(C)[O-].[O-][Cl+3]([O-])([O-])O. The summed E-state index contributed by atoms with van der Waals surface area (Å²) in [5.41, 5.74) is 0. The third-order valence-electron chi connectivity index (χ3n) is 0. The van der Waals surface area contributed by atoms with Gasteiger partial charge >= 0.3 is 0 Å². The lowest BCUT2D eigenvalue weighted by molar-refractivity contribution is -1.92. The second-order valence-corrected chi connectivity index (χ2v) is 3.08. The molecular weight excluding hydrogens is 165 g/mol. The van der Waals surface area contributed by atoms with Crippen molar-refractivity contribution in [2.75, 3.05) is 21.1 Å². The molecule has 0 aliphatic carbocycles. The van der Waals surface area contributed by atoms with Crippen molar-refractivity contribution in [3.63, 3.8) is 0 Å². The van der Waals surface area contributed by atoms with Gasteiger partial charge in [-0.05, 0) is 0 Å². The van der Waals surface area contributed by atoms with E-state index in [-0.39, 0.29) is 4.65 Å². The molecule has 0 aliphatic heterocycles. The van der Waals surface area contributed by atoms with Gasteiger partial charge in [-0.25, -0.2) is 0 Å². The highest BCUT2D eigenvalue weighted by molar-refractivity contribution is 4.05. The third-order valence-corrected chi connectivity index (χ3v) is 0. The molecule has 64 valence electrons. The van der Waals surface area contributed by atoms with Gasteiger partial charge in [-0.2, -0.15) is 14.0 Å². The van der Waals surface area contributed by atoms with Gasteiger partial charge < -0.3 is 9.85 Å². The van der Waals surface area contributed by atoms with Crippen molar-refractivity contribution in [1.82, 2.24) is 0 Å². The zero-order chi connectivity index (χ0) is 9.00. The van der Waals surface area contributed by atoms with Crippen LogP contribution in [0.15, 0.2) is 0 Å². The summed E-state index contributed by atoms with van der Waals surface area (Å²) in [6.07, 6.45) is 0. The highest BCUT2D eigenvalue weighted by atomic mass is 35.7. The quantitative estimate of drug-likeness (QED) is 0.298. The van der Waals surface area contributed by atoms with E-state index in [1.54, 1.807) is 21.1 Å². The molecule has 0 aromatic carbocycles. The number of nitrogens with zero attached hydrogens (tertiary/aromatic N) is 1. The molecule has 0 unspecified atom stereocenters. The molecule has 0 spiro atoms. The minimum atomic E-state index is -4.69. The summed E-state index contributed by atoms with van der Waals surface area (Å²) < 4.78 is 32.5. The van der Waals surface area contributed by atoms with Crippen LogP contribution in [0, 0.1) is 15.5 Å². The van der Waals surface area contributed by atoms with Crippen LogP contribution < -0.4 is 14.0 Å². The van der Waals surface area contributed by atoms with Gasteiger partial charge in [-0.15, -0.1) is 0 Å². The first-order valence-corrected chi connectivity index (χ1v) is 3.42. The molecule has 0 fully saturated rings.